The second-order valence-corrected chi connectivity index (χ2v) is 4.44. The van der Waals surface area contributed by atoms with Crippen LogP contribution in [0.2, 0.25) is 5.02 Å². The normalized spacial score (nSPS) is 10.6. The van der Waals surface area contributed by atoms with Gasteiger partial charge in [0.05, 0.1) is 10.7 Å². The molecule has 0 bridgehead atoms. The molecule has 5 nitrogen and oxygen atoms in total. The fourth-order valence-electron chi connectivity index (χ4n) is 1.80. The molecule has 0 aliphatic rings. The molecule has 0 saturated heterocycles. The van der Waals surface area contributed by atoms with Crippen LogP contribution in [-0.2, 0) is 6.54 Å². The number of nitrogens with two attached hydrogens (primary N) is 1. The second kappa shape index (κ2) is 5.86. The first-order valence-corrected chi connectivity index (χ1v) is 6.35. The van der Waals surface area contributed by atoms with Crippen LogP contribution in [0.1, 0.15) is 23.0 Å². The van der Waals surface area contributed by atoms with Crippen LogP contribution < -0.4 is 11.1 Å². The molecule has 0 unspecified atom stereocenters. The van der Waals surface area contributed by atoms with E-state index in [0.717, 1.165) is 17.8 Å². The number of para-hydroxylation sites is 1. The number of primary amides is 1. The highest BCUT2D eigenvalue weighted by molar-refractivity contribution is 6.32. The van der Waals surface area contributed by atoms with E-state index in [0.29, 0.717) is 11.6 Å². The lowest BCUT2D eigenvalue weighted by atomic mass is 10.1. The van der Waals surface area contributed by atoms with Crippen LogP contribution in [-0.4, -0.2) is 22.2 Å². The van der Waals surface area contributed by atoms with Crippen LogP contribution in [0.4, 0.5) is 0 Å². The van der Waals surface area contributed by atoms with E-state index in [1.807, 2.05) is 19.1 Å². The third kappa shape index (κ3) is 2.94. The fourth-order valence-corrected chi connectivity index (χ4v) is 2.08. The molecule has 1 aromatic heterocycles. The maximum absolute atomic E-state index is 11.1. The molecule has 0 atom stereocenters. The van der Waals surface area contributed by atoms with Crippen LogP contribution in [0.15, 0.2) is 30.5 Å². The minimum Gasteiger partial charge on any atom is -0.364 e. The van der Waals surface area contributed by atoms with Crippen molar-refractivity contribution in [1.29, 1.82) is 0 Å². The summed E-state index contributed by atoms with van der Waals surface area (Å²) in [7, 11) is 0. The smallest absolute Gasteiger partial charge is 0.269 e. The fraction of sp³-hybridized carbons (Fsp3) is 0.231. The van der Waals surface area contributed by atoms with Crippen molar-refractivity contribution < 1.29 is 4.79 Å². The second-order valence-electron chi connectivity index (χ2n) is 4.04. The van der Waals surface area contributed by atoms with Gasteiger partial charge in [-0.1, -0.05) is 30.7 Å². The van der Waals surface area contributed by atoms with Crippen LogP contribution in [0, 0.1) is 0 Å². The molecule has 0 radical (unpaired) electrons. The number of hydrogen-bond acceptors (Lipinski definition) is 3. The van der Waals surface area contributed by atoms with Gasteiger partial charge in [-0.3, -0.25) is 4.79 Å². The third-order valence-corrected chi connectivity index (χ3v) is 3.01. The van der Waals surface area contributed by atoms with Crippen LogP contribution in [0.5, 0.6) is 0 Å². The van der Waals surface area contributed by atoms with Gasteiger partial charge in [-0.05, 0) is 24.2 Å². The zero-order valence-electron chi connectivity index (χ0n) is 10.6. The number of halogens is 1. The van der Waals surface area contributed by atoms with Crippen molar-refractivity contribution in [1.82, 2.24) is 15.1 Å². The van der Waals surface area contributed by atoms with Gasteiger partial charge < -0.3 is 11.1 Å². The molecule has 2 rings (SSSR count). The first kappa shape index (κ1) is 13.6. The summed E-state index contributed by atoms with van der Waals surface area (Å²) in [5, 5.41) is 7.96. The van der Waals surface area contributed by atoms with Crippen molar-refractivity contribution in [3.8, 4) is 5.69 Å². The summed E-state index contributed by atoms with van der Waals surface area (Å²) in [6, 6.07) is 7.22. The Bertz CT molecular complexity index is 594. The van der Waals surface area contributed by atoms with Gasteiger partial charge in [0.1, 0.15) is 5.69 Å². The monoisotopic (exact) mass is 278 g/mol. The van der Waals surface area contributed by atoms with Gasteiger partial charge in [0.2, 0.25) is 0 Å². The Morgan fingerprint density at radius 2 is 2.26 bits per heavy atom. The first-order chi connectivity index (χ1) is 9.13. The van der Waals surface area contributed by atoms with Crippen LogP contribution in [0.25, 0.3) is 5.69 Å². The van der Waals surface area contributed by atoms with Gasteiger partial charge in [-0.25, -0.2) is 4.68 Å². The molecule has 100 valence electrons. The van der Waals surface area contributed by atoms with Crippen molar-refractivity contribution >= 4 is 17.5 Å². The van der Waals surface area contributed by atoms with E-state index in [2.05, 4.69) is 10.4 Å². The van der Waals surface area contributed by atoms with Crippen molar-refractivity contribution in [2.45, 2.75) is 13.5 Å². The maximum atomic E-state index is 11.1. The lowest BCUT2D eigenvalue weighted by Gasteiger charge is -2.11. The molecule has 1 amide bonds. The SMILES string of the molecule is CCNCc1cccc(Cl)c1-n1ccc(C(N)=O)n1. The number of carbonyl (C=O) groups excluding carboxylic acids is 1. The van der Waals surface area contributed by atoms with E-state index >= 15 is 0 Å². The van der Waals surface area contributed by atoms with Gasteiger partial charge in [0, 0.05) is 12.7 Å². The Morgan fingerprint density at radius 1 is 1.47 bits per heavy atom. The van der Waals surface area contributed by atoms with Crippen molar-refractivity contribution in [3.63, 3.8) is 0 Å². The van der Waals surface area contributed by atoms with E-state index < -0.39 is 5.91 Å². The zero-order chi connectivity index (χ0) is 13.8. The average Bonchev–Trinajstić information content (AvgIpc) is 2.85. The van der Waals surface area contributed by atoms with E-state index in [9.17, 15) is 4.79 Å². The number of nitrogens with zero attached hydrogens (tertiary/aromatic N) is 2. The Labute approximate surface area is 116 Å². The molecular formula is C13H15ClN4O. The third-order valence-electron chi connectivity index (χ3n) is 2.71. The molecule has 0 aliphatic carbocycles. The minimum atomic E-state index is -0.556. The summed E-state index contributed by atoms with van der Waals surface area (Å²) >= 11 is 6.23. The predicted octanol–water partition coefficient (Wildman–Crippen LogP) is 1.73. The standard InChI is InChI=1S/C13H15ClN4O/c1-2-16-8-9-4-3-5-10(14)12(9)18-7-6-11(17-18)13(15)19/h3-7,16H,2,8H2,1H3,(H2,15,19). The number of hydrogen-bond donors (Lipinski definition) is 2. The maximum Gasteiger partial charge on any atom is 0.269 e. The molecule has 1 heterocycles. The van der Waals surface area contributed by atoms with Crippen molar-refractivity contribution in [2.24, 2.45) is 5.73 Å². The number of benzene rings is 1. The topological polar surface area (TPSA) is 72.9 Å². The number of aromatic nitrogens is 2. The Kier molecular flexibility index (Phi) is 4.19. The minimum absolute atomic E-state index is 0.217. The average molecular weight is 279 g/mol. The lowest BCUT2D eigenvalue weighted by Crippen LogP contribution is -2.15. The summed E-state index contributed by atoms with van der Waals surface area (Å²) in [4.78, 5) is 11.1. The quantitative estimate of drug-likeness (QED) is 0.875. The van der Waals surface area contributed by atoms with E-state index in [1.165, 1.54) is 0 Å². The highest BCUT2D eigenvalue weighted by Crippen LogP contribution is 2.24. The summed E-state index contributed by atoms with van der Waals surface area (Å²) in [5.74, 6) is -0.556. The molecule has 0 saturated carbocycles. The highest BCUT2D eigenvalue weighted by atomic mass is 35.5. The first-order valence-electron chi connectivity index (χ1n) is 5.97. The number of nitrogens with one attached hydrogen (secondary N) is 1. The summed E-state index contributed by atoms with van der Waals surface area (Å²) in [5.41, 5.74) is 7.19. The molecule has 1 aromatic carbocycles. The largest absolute Gasteiger partial charge is 0.364 e. The molecular weight excluding hydrogens is 264 g/mol. The van der Waals surface area contributed by atoms with Gasteiger partial charge in [0.25, 0.3) is 5.91 Å². The van der Waals surface area contributed by atoms with E-state index in [1.54, 1.807) is 23.0 Å². The molecule has 0 spiro atoms. The molecule has 19 heavy (non-hydrogen) atoms. The Morgan fingerprint density at radius 3 is 2.89 bits per heavy atom. The molecule has 3 N–H and O–H groups in total. The lowest BCUT2D eigenvalue weighted by molar-refractivity contribution is 0.0995. The summed E-state index contributed by atoms with van der Waals surface area (Å²) < 4.78 is 1.58. The number of amides is 1. The summed E-state index contributed by atoms with van der Waals surface area (Å²) in [6.07, 6.45) is 1.68. The Hall–Kier alpha value is -1.85. The van der Waals surface area contributed by atoms with Crippen LogP contribution >= 0.6 is 11.6 Å². The highest BCUT2D eigenvalue weighted by Gasteiger charge is 2.12. The van der Waals surface area contributed by atoms with Crippen LogP contribution in [0.3, 0.4) is 0 Å². The molecule has 2 aromatic rings. The van der Waals surface area contributed by atoms with Gasteiger partial charge in [-0.15, -0.1) is 0 Å². The van der Waals surface area contributed by atoms with Gasteiger partial charge >= 0.3 is 0 Å². The Balaban J connectivity index is 2.44. The summed E-state index contributed by atoms with van der Waals surface area (Å²) in [6.45, 7) is 3.57. The van der Waals surface area contributed by atoms with Crippen molar-refractivity contribution in [2.75, 3.05) is 6.54 Å². The number of carbonyl (C=O) groups is 1. The molecule has 6 heteroatoms. The van der Waals surface area contributed by atoms with Gasteiger partial charge in [0.15, 0.2) is 0 Å². The van der Waals surface area contributed by atoms with Gasteiger partial charge in [-0.2, -0.15) is 5.10 Å². The van der Waals surface area contributed by atoms with Crippen molar-refractivity contribution in [3.05, 3.63) is 46.7 Å². The number of rotatable bonds is 5. The molecule has 0 fully saturated rings. The molecule has 0 aliphatic heterocycles. The van der Waals surface area contributed by atoms with E-state index in [4.69, 9.17) is 17.3 Å². The predicted molar refractivity (Wildman–Crippen MR) is 74.5 cm³/mol. The van der Waals surface area contributed by atoms with E-state index in [-0.39, 0.29) is 5.69 Å². The zero-order valence-corrected chi connectivity index (χ0v) is 11.3.